The maximum absolute atomic E-state index is 13.0. The number of fused-ring (bicyclic) bond motifs is 1. The first kappa shape index (κ1) is 19.2. The molecule has 0 spiro atoms. The van der Waals surface area contributed by atoms with Gasteiger partial charge in [0, 0.05) is 31.4 Å². The van der Waals surface area contributed by atoms with E-state index in [0.717, 1.165) is 29.3 Å². The van der Waals surface area contributed by atoms with Crippen LogP contribution in [0.25, 0.3) is 10.8 Å². The standard InChI is InChI=1S/C22H27N5O2/c1-22(13-19(28)26(2)20(23)25-22)16-9-6-12-27(14-16)21(29)24-18-11-5-8-15-7-3-4-10-17(15)18/h3-5,7-8,10-11,16H,6,9,12-14H2,1-2H3,(H2,23,25)(H,24,29)/t16?,22-/m0/s1. The van der Waals surface area contributed by atoms with Crippen molar-refractivity contribution in [3.8, 4) is 0 Å². The van der Waals surface area contributed by atoms with Crippen molar-refractivity contribution in [2.45, 2.75) is 31.7 Å². The lowest BCUT2D eigenvalue weighted by Crippen LogP contribution is -2.55. The number of nitrogens with one attached hydrogen (secondary N) is 1. The molecule has 2 aromatic rings. The molecule has 2 aliphatic heterocycles. The van der Waals surface area contributed by atoms with Crippen LogP contribution >= 0.6 is 0 Å². The van der Waals surface area contributed by atoms with Crippen LogP contribution in [0.15, 0.2) is 47.5 Å². The lowest BCUT2D eigenvalue weighted by molar-refractivity contribution is -0.129. The van der Waals surface area contributed by atoms with E-state index in [-0.39, 0.29) is 23.8 Å². The number of urea groups is 1. The van der Waals surface area contributed by atoms with Gasteiger partial charge in [0.15, 0.2) is 5.96 Å². The monoisotopic (exact) mass is 393 g/mol. The Morgan fingerprint density at radius 1 is 1.24 bits per heavy atom. The van der Waals surface area contributed by atoms with Gasteiger partial charge in [0.05, 0.1) is 17.6 Å². The number of likely N-dealkylation sites (tertiary alicyclic amines) is 1. The summed E-state index contributed by atoms with van der Waals surface area (Å²) in [5, 5.41) is 5.17. The second-order valence-corrected chi connectivity index (χ2v) is 8.20. The Hall–Kier alpha value is -3.09. The van der Waals surface area contributed by atoms with Gasteiger partial charge in [0.2, 0.25) is 5.91 Å². The summed E-state index contributed by atoms with van der Waals surface area (Å²) >= 11 is 0. The minimum absolute atomic E-state index is 0.0302. The van der Waals surface area contributed by atoms with Crippen LogP contribution < -0.4 is 11.1 Å². The molecular formula is C22H27N5O2. The van der Waals surface area contributed by atoms with Crippen molar-refractivity contribution in [2.24, 2.45) is 16.6 Å². The molecule has 7 nitrogen and oxygen atoms in total. The number of carbonyl (C=O) groups excluding carboxylic acids is 2. The number of guanidine groups is 1. The minimum Gasteiger partial charge on any atom is -0.369 e. The molecule has 2 heterocycles. The predicted molar refractivity (Wildman–Crippen MR) is 115 cm³/mol. The van der Waals surface area contributed by atoms with Crippen LogP contribution in [0.5, 0.6) is 0 Å². The molecule has 0 saturated carbocycles. The largest absolute Gasteiger partial charge is 0.369 e. The molecule has 7 heteroatoms. The highest BCUT2D eigenvalue weighted by Crippen LogP contribution is 2.36. The Bertz CT molecular complexity index is 983. The molecule has 0 aliphatic carbocycles. The molecule has 0 radical (unpaired) electrons. The van der Waals surface area contributed by atoms with Gasteiger partial charge in [-0.25, -0.2) is 9.79 Å². The first-order valence-electron chi connectivity index (χ1n) is 10.0. The SMILES string of the molecule is CN1C(=O)C[C@@](C)(C2CCCN(C(=O)Nc3cccc4ccccc34)C2)N=C1N. The van der Waals surface area contributed by atoms with Crippen molar-refractivity contribution < 1.29 is 9.59 Å². The number of nitrogens with zero attached hydrogens (tertiary/aromatic N) is 3. The van der Waals surface area contributed by atoms with E-state index in [1.54, 1.807) is 7.05 Å². The lowest BCUT2D eigenvalue weighted by Gasteiger charge is -2.43. The molecule has 0 bridgehead atoms. The number of hydrogen-bond acceptors (Lipinski definition) is 4. The van der Waals surface area contributed by atoms with E-state index in [9.17, 15) is 9.59 Å². The quantitative estimate of drug-likeness (QED) is 0.822. The normalized spacial score (nSPS) is 25.1. The van der Waals surface area contributed by atoms with Crippen molar-refractivity contribution in [1.29, 1.82) is 0 Å². The Balaban J connectivity index is 1.51. The van der Waals surface area contributed by atoms with Crippen LogP contribution in [-0.4, -0.2) is 53.4 Å². The number of benzene rings is 2. The van der Waals surface area contributed by atoms with Crippen LogP contribution in [0.2, 0.25) is 0 Å². The van der Waals surface area contributed by atoms with Gasteiger partial charge in [-0.15, -0.1) is 0 Å². The molecule has 1 unspecified atom stereocenters. The third kappa shape index (κ3) is 3.64. The molecule has 3 N–H and O–H groups in total. The molecular weight excluding hydrogens is 366 g/mol. The summed E-state index contributed by atoms with van der Waals surface area (Å²) in [4.78, 5) is 33.2. The van der Waals surface area contributed by atoms with Gasteiger partial charge in [-0.05, 0) is 31.2 Å². The maximum atomic E-state index is 13.0. The van der Waals surface area contributed by atoms with E-state index in [1.807, 2.05) is 54.3 Å². The molecule has 2 aliphatic rings. The predicted octanol–water partition coefficient (Wildman–Crippen LogP) is 3.02. The average Bonchev–Trinajstić information content (AvgIpc) is 2.72. The summed E-state index contributed by atoms with van der Waals surface area (Å²) in [6, 6.07) is 13.8. The fourth-order valence-corrected chi connectivity index (χ4v) is 4.36. The fraction of sp³-hybridized carbons (Fsp3) is 0.409. The summed E-state index contributed by atoms with van der Waals surface area (Å²) in [5.74, 6) is 0.309. The molecule has 1 fully saturated rings. The number of carbonyl (C=O) groups is 2. The minimum atomic E-state index is -0.577. The number of nitrogens with two attached hydrogens (primary N) is 1. The molecule has 4 rings (SSSR count). The number of rotatable bonds is 2. The van der Waals surface area contributed by atoms with Crippen LogP contribution in [0, 0.1) is 5.92 Å². The highest BCUT2D eigenvalue weighted by atomic mass is 16.2. The van der Waals surface area contributed by atoms with Gasteiger partial charge in [-0.3, -0.25) is 9.69 Å². The third-order valence-corrected chi connectivity index (χ3v) is 6.22. The summed E-state index contributed by atoms with van der Waals surface area (Å²) in [7, 11) is 1.64. The van der Waals surface area contributed by atoms with Crippen LogP contribution in [-0.2, 0) is 4.79 Å². The number of anilines is 1. The summed E-state index contributed by atoms with van der Waals surface area (Å²) in [6.45, 7) is 3.22. The van der Waals surface area contributed by atoms with Crippen LogP contribution in [0.4, 0.5) is 10.5 Å². The maximum Gasteiger partial charge on any atom is 0.321 e. The van der Waals surface area contributed by atoms with E-state index in [0.29, 0.717) is 19.5 Å². The van der Waals surface area contributed by atoms with Crippen LogP contribution in [0.3, 0.4) is 0 Å². The summed E-state index contributed by atoms with van der Waals surface area (Å²) < 4.78 is 0. The van der Waals surface area contributed by atoms with Crippen molar-refractivity contribution >= 4 is 34.4 Å². The third-order valence-electron chi connectivity index (χ3n) is 6.22. The topological polar surface area (TPSA) is 91.0 Å². The van der Waals surface area contributed by atoms with Gasteiger partial charge < -0.3 is 16.0 Å². The zero-order valence-corrected chi connectivity index (χ0v) is 16.9. The van der Waals surface area contributed by atoms with Gasteiger partial charge >= 0.3 is 6.03 Å². The van der Waals surface area contributed by atoms with E-state index in [1.165, 1.54) is 4.90 Å². The van der Waals surface area contributed by atoms with Gasteiger partial charge in [0.1, 0.15) is 0 Å². The summed E-state index contributed by atoms with van der Waals surface area (Å²) in [5.41, 5.74) is 6.19. The van der Waals surface area contributed by atoms with Crippen LogP contribution in [0.1, 0.15) is 26.2 Å². The zero-order chi connectivity index (χ0) is 20.6. The van der Waals surface area contributed by atoms with Gasteiger partial charge in [0.25, 0.3) is 0 Å². The highest BCUT2D eigenvalue weighted by molar-refractivity contribution is 6.01. The van der Waals surface area contributed by atoms with E-state index in [2.05, 4.69) is 10.3 Å². The Morgan fingerprint density at radius 3 is 2.79 bits per heavy atom. The smallest absolute Gasteiger partial charge is 0.321 e. The molecule has 3 amide bonds. The molecule has 152 valence electrons. The van der Waals surface area contributed by atoms with Crippen molar-refractivity contribution in [3.05, 3.63) is 42.5 Å². The van der Waals surface area contributed by atoms with Gasteiger partial charge in [-0.1, -0.05) is 36.4 Å². The first-order valence-corrected chi connectivity index (χ1v) is 10.0. The molecule has 1 saturated heterocycles. The Labute approximate surface area is 170 Å². The molecule has 2 aromatic carbocycles. The highest BCUT2D eigenvalue weighted by Gasteiger charge is 2.43. The van der Waals surface area contributed by atoms with E-state index >= 15 is 0 Å². The number of hydrogen-bond donors (Lipinski definition) is 2. The fourth-order valence-electron chi connectivity index (χ4n) is 4.36. The van der Waals surface area contributed by atoms with E-state index < -0.39 is 5.54 Å². The molecule has 2 atom stereocenters. The summed E-state index contributed by atoms with van der Waals surface area (Å²) in [6.07, 6.45) is 2.11. The van der Waals surface area contributed by atoms with Gasteiger partial charge in [-0.2, -0.15) is 0 Å². The lowest BCUT2D eigenvalue weighted by atomic mass is 9.77. The molecule has 0 aromatic heterocycles. The Morgan fingerprint density at radius 2 is 2.00 bits per heavy atom. The average molecular weight is 393 g/mol. The number of aliphatic imine (C=N–C) groups is 1. The van der Waals surface area contributed by atoms with E-state index in [4.69, 9.17) is 5.73 Å². The van der Waals surface area contributed by atoms with Crippen molar-refractivity contribution in [1.82, 2.24) is 9.80 Å². The number of piperidine rings is 1. The second-order valence-electron chi connectivity index (χ2n) is 8.20. The first-order chi connectivity index (χ1) is 13.9. The zero-order valence-electron chi connectivity index (χ0n) is 16.9. The Kier molecular flexibility index (Phi) is 4.90. The molecule has 29 heavy (non-hydrogen) atoms. The second kappa shape index (κ2) is 7.39. The number of amides is 3. The van der Waals surface area contributed by atoms with Crippen molar-refractivity contribution in [3.63, 3.8) is 0 Å². The van der Waals surface area contributed by atoms with Crippen molar-refractivity contribution in [2.75, 3.05) is 25.5 Å².